The summed E-state index contributed by atoms with van der Waals surface area (Å²) in [5.41, 5.74) is 0.971. The highest BCUT2D eigenvalue weighted by Gasteiger charge is 2.11. The number of hydrogen-bond acceptors (Lipinski definition) is 5. The Kier molecular flexibility index (Phi) is 4.25. The molecule has 5 nitrogen and oxygen atoms in total. The summed E-state index contributed by atoms with van der Waals surface area (Å²) in [5, 5.41) is 3.72. The number of nitrogens with zero attached hydrogens (tertiary/aromatic N) is 3. The molecule has 0 atom stereocenters. The zero-order chi connectivity index (χ0) is 12.8. The Hall–Kier alpha value is -1.95. The largest absolute Gasteiger partial charge is 0.445 e. The monoisotopic (exact) mass is 263 g/mol. The lowest BCUT2D eigenvalue weighted by Gasteiger charge is -2.15. The fraction of sp³-hybridized carbons (Fsp3) is 0.250. The lowest BCUT2D eigenvalue weighted by molar-refractivity contribution is 0.103. The third kappa shape index (κ3) is 3.53. The molecule has 0 unspecified atom stereocenters. The van der Waals surface area contributed by atoms with E-state index in [0.717, 1.165) is 10.4 Å². The van der Waals surface area contributed by atoms with Crippen LogP contribution in [0.15, 0.2) is 36.5 Å². The van der Waals surface area contributed by atoms with Crippen LogP contribution in [0.2, 0.25) is 0 Å². The summed E-state index contributed by atoms with van der Waals surface area (Å²) < 4.78 is 8.93. The minimum atomic E-state index is -0.354. The van der Waals surface area contributed by atoms with Gasteiger partial charge in [0.15, 0.2) is 0 Å². The quantitative estimate of drug-likeness (QED) is 0.849. The van der Waals surface area contributed by atoms with E-state index < -0.39 is 0 Å². The topological polar surface area (TPSA) is 55.3 Å². The maximum Gasteiger partial charge on any atom is 0.410 e. The minimum absolute atomic E-state index is 0.283. The van der Waals surface area contributed by atoms with Crippen molar-refractivity contribution in [3.8, 4) is 0 Å². The number of aromatic nitrogens is 2. The van der Waals surface area contributed by atoms with Gasteiger partial charge in [-0.05, 0) is 17.1 Å². The van der Waals surface area contributed by atoms with Gasteiger partial charge in [-0.2, -0.15) is 0 Å². The van der Waals surface area contributed by atoms with Gasteiger partial charge in [-0.15, -0.1) is 5.10 Å². The molecule has 0 saturated carbocycles. The first-order valence-electron chi connectivity index (χ1n) is 5.44. The first-order valence-corrected chi connectivity index (χ1v) is 6.21. The van der Waals surface area contributed by atoms with Gasteiger partial charge in [-0.1, -0.05) is 34.8 Å². The Morgan fingerprint density at radius 3 is 2.83 bits per heavy atom. The molecule has 6 heteroatoms. The summed E-state index contributed by atoms with van der Waals surface area (Å²) in [4.78, 5) is 14.1. The van der Waals surface area contributed by atoms with E-state index in [9.17, 15) is 4.79 Å². The summed E-state index contributed by atoms with van der Waals surface area (Å²) >= 11 is 1.27. The van der Waals surface area contributed by atoms with E-state index in [1.807, 2.05) is 30.3 Å². The van der Waals surface area contributed by atoms with Crippen molar-refractivity contribution in [2.45, 2.75) is 13.2 Å². The van der Waals surface area contributed by atoms with Crippen LogP contribution in [0.4, 0.5) is 4.79 Å². The average molecular weight is 263 g/mol. The fourth-order valence-electron chi connectivity index (χ4n) is 1.39. The van der Waals surface area contributed by atoms with Crippen LogP contribution in [0, 0.1) is 0 Å². The van der Waals surface area contributed by atoms with Gasteiger partial charge in [0.25, 0.3) is 0 Å². The Morgan fingerprint density at radius 2 is 2.17 bits per heavy atom. The Balaban J connectivity index is 1.81. The molecule has 0 radical (unpaired) electrons. The van der Waals surface area contributed by atoms with E-state index in [1.165, 1.54) is 16.4 Å². The molecule has 0 aliphatic rings. The molecule has 1 amide bonds. The van der Waals surface area contributed by atoms with Crippen molar-refractivity contribution in [1.82, 2.24) is 14.5 Å². The smallest absolute Gasteiger partial charge is 0.410 e. The summed E-state index contributed by atoms with van der Waals surface area (Å²) in [5.74, 6) is 0. The summed E-state index contributed by atoms with van der Waals surface area (Å²) in [6, 6.07) is 9.58. The average Bonchev–Trinajstić information content (AvgIpc) is 2.90. The number of carbonyl (C=O) groups is 1. The van der Waals surface area contributed by atoms with Gasteiger partial charge < -0.3 is 9.64 Å². The van der Waals surface area contributed by atoms with Crippen LogP contribution in [0.25, 0.3) is 0 Å². The summed E-state index contributed by atoms with van der Waals surface area (Å²) in [6.45, 7) is 0.746. The lowest BCUT2D eigenvalue weighted by atomic mass is 10.2. The van der Waals surface area contributed by atoms with Gasteiger partial charge in [-0.3, -0.25) is 0 Å². The van der Waals surface area contributed by atoms with Crippen molar-refractivity contribution < 1.29 is 9.53 Å². The van der Waals surface area contributed by atoms with Crippen molar-refractivity contribution in [3.63, 3.8) is 0 Å². The minimum Gasteiger partial charge on any atom is -0.445 e. The summed E-state index contributed by atoms with van der Waals surface area (Å²) in [7, 11) is 1.69. The second kappa shape index (κ2) is 6.11. The molecule has 2 rings (SSSR count). The SMILES string of the molecule is CN(Cc1cnns1)C(=O)OCc1ccccc1. The van der Waals surface area contributed by atoms with Gasteiger partial charge in [0.05, 0.1) is 17.6 Å². The Labute approximate surface area is 109 Å². The first-order chi connectivity index (χ1) is 8.75. The fourth-order valence-corrected chi connectivity index (χ4v) is 1.93. The Bertz CT molecular complexity index is 487. The molecule has 0 N–H and O–H groups in total. The predicted molar refractivity (Wildman–Crippen MR) is 68.0 cm³/mol. The van der Waals surface area contributed by atoms with Crippen LogP contribution >= 0.6 is 11.5 Å². The van der Waals surface area contributed by atoms with Crippen molar-refractivity contribution in [2.75, 3.05) is 7.05 Å². The number of hydrogen-bond donors (Lipinski definition) is 0. The standard InChI is InChI=1S/C12H13N3O2S/c1-15(8-11-7-13-14-18-11)12(16)17-9-10-5-3-2-4-6-10/h2-7H,8-9H2,1H3. The lowest BCUT2D eigenvalue weighted by Crippen LogP contribution is -2.26. The van der Waals surface area contributed by atoms with Crippen molar-refractivity contribution >= 4 is 17.6 Å². The molecule has 1 aromatic heterocycles. The molecule has 0 saturated heterocycles. The third-order valence-electron chi connectivity index (χ3n) is 2.32. The third-order valence-corrected chi connectivity index (χ3v) is 2.96. The van der Waals surface area contributed by atoms with Crippen LogP contribution in [0.1, 0.15) is 10.4 Å². The van der Waals surface area contributed by atoms with Crippen LogP contribution in [0.5, 0.6) is 0 Å². The van der Waals surface area contributed by atoms with Crippen LogP contribution < -0.4 is 0 Å². The molecule has 0 aliphatic heterocycles. The van der Waals surface area contributed by atoms with E-state index in [-0.39, 0.29) is 12.7 Å². The number of benzene rings is 1. The highest BCUT2D eigenvalue weighted by atomic mass is 32.1. The first kappa shape index (κ1) is 12.5. The predicted octanol–water partition coefficient (Wildman–Crippen LogP) is 2.31. The normalized spacial score (nSPS) is 10.1. The molecule has 1 aromatic carbocycles. The zero-order valence-electron chi connectivity index (χ0n) is 9.94. The highest BCUT2D eigenvalue weighted by molar-refractivity contribution is 7.05. The molecular formula is C12H13N3O2S. The van der Waals surface area contributed by atoms with Crippen molar-refractivity contribution in [1.29, 1.82) is 0 Å². The second-order valence-corrected chi connectivity index (χ2v) is 4.65. The van der Waals surface area contributed by atoms with Crippen molar-refractivity contribution in [2.24, 2.45) is 0 Å². The van der Waals surface area contributed by atoms with Gasteiger partial charge in [0.2, 0.25) is 0 Å². The highest BCUT2D eigenvalue weighted by Crippen LogP contribution is 2.08. The van der Waals surface area contributed by atoms with E-state index in [0.29, 0.717) is 6.54 Å². The Morgan fingerprint density at radius 1 is 1.39 bits per heavy atom. The van der Waals surface area contributed by atoms with Gasteiger partial charge in [-0.25, -0.2) is 4.79 Å². The molecule has 2 aromatic rings. The van der Waals surface area contributed by atoms with Gasteiger partial charge in [0.1, 0.15) is 6.61 Å². The van der Waals surface area contributed by atoms with E-state index in [2.05, 4.69) is 9.59 Å². The van der Waals surface area contributed by atoms with E-state index in [4.69, 9.17) is 4.74 Å². The maximum absolute atomic E-state index is 11.7. The van der Waals surface area contributed by atoms with E-state index in [1.54, 1.807) is 13.2 Å². The molecular weight excluding hydrogens is 250 g/mol. The molecule has 0 fully saturated rings. The molecule has 0 aliphatic carbocycles. The second-order valence-electron chi connectivity index (χ2n) is 3.78. The van der Waals surface area contributed by atoms with Crippen LogP contribution in [-0.2, 0) is 17.9 Å². The maximum atomic E-state index is 11.7. The van der Waals surface area contributed by atoms with Gasteiger partial charge >= 0.3 is 6.09 Å². The number of carbonyl (C=O) groups excluding carboxylic acids is 1. The van der Waals surface area contributed by atoms with Crippen molar-refractivity contribution in [3.05, 3.63) is 47.0 Å². The number of rotatable bonds is 4. The van der Waals surface area contributed by atoms with Crippen LogP contribution in [-0.4, -0.2) is 27.6 Å². The molecule has 1 heterocycles. The molecule has 0 spiro atoms. The number of amides is 1. The van der Waals surface area contributed by atoms with E-state index >= 15 is 0 Å². The summed E-state index contributed by atoms with van der Waals surface area (Å²) in [6.07, 6.45) is 1.29. The molecule has 0 bridgehead atoms. The van der Waals surface area contributed by atoms with Gasteiger partial charge in [0, 0.05) is 7.05 Å². The zero-order valence-corrected chi connectivity index (χ0v) is 10.8. The molecule has 18 heavy (non-hydrogen) atoms. The van der Waals surface area contributed by atoms with Crippen LogP contribution in [0.3, 0.4) is 0 Å². The molecule has 94 valence electrons. The number of ether oxygens (including phenoxy) is 1.